The van der Waals surface area contributed by atoms with Crippen molar-refractivity contribution in [2.45, 2.75) is 33.2 Å². The van der Waals surface area contributed by atoms with E-state index in [0.29, 0.717) is 6.61 Å². The molecule has 1 aliphatic heterocycles. The molecule has 0 radical (unpaired) electrons. The lowest BCUT2D eigenvalue weighted by Gasteiger charge is -2.35. The van der Waals surface area contributed by atoms with E-state index in [1.54, 1.807) is 0 Å². The van der Waals surface area contributed by atoms with Gasteiger partial charge in [0.2, 0.25) is 0 Å². The van der Waals surface area contributed by atoms with Crippen molar-refractivity contribution in [2.75, 3.05) is 18.1 Å². The third kappa shape index (κ3) is 2.20. The lowest BCUT2D eigenvalue weighted by molar-refractivity contribution is -0.127. The molecule has 1 aromatic carbocycles. The van der Waals surface area contributed by atoms with Crippen LogP contribution in [0.4, 0.5) is 5.69 Å². The summed E-state index contributed by atoms with van der Waals surface area (Å²) in [5, 5.41) is 0. The van der Waals surface area contributed by atoms with Gasteiger partial charge >= 0.3 is 0 Å². The van der Waals surface area contributed by atoms with Crippen molar-refractivity contribution in [3.8, 4) is 0 Å². The normalized spacial score (nSPS) is 20.8. The van der Waals surface area contributed by atoms with E-state index in [1.165, 1.54) is 5.56 Å². The number of aryl methyl sites for hydroxylation is 2. The smallest absolute Gasteiger partial charge is 0.253 e. The molecular formula is C14H19NO2. The number of ether oxygens (including phenoxy) is 1. The van der Waals surface area contributed by atoms with Gasteiger partial charge in [0.15, 0.2) is 0 Å². The van der Waals surface area contributed by atoms with E-state index < -0.39 is 0 Å². The minimum absolute atomic E-state index is 0.0627. The second kappa shape index (κ2) is 4.88. The fourth-order valence-corrected chi connectivity index (χ4v) is 2.40. The summed E-state index contributed by atoms with van der Waals surface area (Å²) in [4.78, 5) is 13.9. The largest absolute Gasteiger partial charge is 0.369 e. The zero-order valence-electron chi connectivity index (χ0n) is 10.7. The number of rotatable bonds is 2. The molecule has 0 aliphatic carbocycles. The van der Waals surface area contributed by atoms with Crippen LogP contribution >= 0.6 is 0 Å². The number of morpholine rings is 1. The predicted octanol–water partition coefficient (Wildman–Crippen LogP) is 2.31. The Labute approximate surface area is 102 Å². The van der Waals surface area contributed by atoms with Crippen LogP contribution in [0.2, 0.25) is 0 Å². The Balaban J connectivity index is 2.47. The molecule has 1 atom stereocenters. The summed E-state index contributed by atoms with van der Waals surface area (Å²) in [5.74, 6) is 0.0627. The van der Waals surface area contributed by atoms with Gasteiger partial charge in [-0.1, -0.05) is 25.1 Å². The minimum Gasteiger partial charge on any atom is -0.369 e. The van der Waals surface area contributed by atoms with E-state index in [-0.39, 0.29) is 18.6 Å². The summed E-state index contributed by atoms with van der Waals surface area (Å²) in [5.41, 5.74) is 3.47. The number of hydrogen-bond donors (Lipinski definition) is 0. The summed E-state index contributed by atoms with van der Waals surface area (Å²) < 4.78 is 5.27. The molecule has 0 spiro atoms. The molecule has 1 fully saturated rings. The lowest BCUT2D eigenvalue weighted by Crippen LogP contribution is -2.48. The lowest BCUT2D eigenvalue weighted by atomic mass is 10.0. The number of carbonyl (C=O) groups excluding carboxylic acids is 1. The fourth-order valence-electron chi connectivity index (χ4n) is 2.40. The molecule has 3 nitrogen and oxygen atoms in total. The maximum atomic E-state index is 12.0. The SMILES string of the molecule is CCc1cccc(C)c1N1C(=O)COCC1C. The zero-order chi connectivity index (χ0) is 12.4. The van der Waals surface area contributed by atoms with Crippen molar-refractivity contribution < 1.29 is 9.53 Å². The Morgan fingerprint density at radius 3 is 2.88 bits per heavy atom. The van der Waals surface area contributed by atoms with Gasteiger partial charge in [0.25, 0.3) is 5.91 Å². The molecule has 0 bridgehead atoms. The summed E-state index contributed by atoms with van der Waals surface area (Å²) in [6.07, 6.45) is 0.939. The first kappa shape index (κ1) is 12.1. The molecule has 2 rings (SSSR count). The monoisotopic (exact) mass is 233 g/mol. The molecule has 1 saturated heterocycles. The Morgan fingerprint density at radius 2 is 2.24 bits per heavy atom. The Kier molecular flexibility index (Phi) is 3.48. The second-order valence-corrected chi connectivity index (χ2v) is 4.56. The molecule has 0 N–H and O–H groups in total. The molecule has 1 aromatic rings. The molecule has 1 unspecified atom stereocenters. The van der Waals surface area contributed by atoms with Crippen LogP contribution in [0.15, 0.2) is 18.2 Å². The van der Waals surface area contributed by atoms with E-state index in [4.69, 9.17) is 4.74 Å². The van der Waals surface area contributed by atoms with Crippen molar-refractivity contribution in [3.63, 3.8) is 0 Å². The van der Waals surface area contributed by atoms with E-state index >= 15 is 0 Å². The molecule has 1 amide bonds. The highest BCUT2D eigenvalue weighted by atomic mass is 16.5. The molecule has 0 saturated carbocycles. The third-order valence-corrected chi connectivity index (χ3v) is 3.24. The van der Waals surface area contributed by atoms with Crippen LogP contribution in [0.25, 0.3) is 0 Å². The summed E-state index contributed by atoms with van der Waals surface area (Å²) in [7, 11) is 0. The van der Waals surface area contributed by atoms with E-state index in [2.05, 4.69) is 26.0 Å². The maximum absolute atomic E-state index is 12.0. The number of anilines is 1. The number of benzene rings is 1. The average Bonchev–Trinajstić information content (AvgIpc) is 2.30. The number of carbonyl (C=O) groups is 1. The molecule has 3 heteroatoms. The van der Waals surface area contributed by atoms with Crippen LogP contribution in [-0.4, -0.2) is 25.2 Å². The van der Waals surface area contributed by atoms with Gasteiger partial charge in [-0.15, -0.1) is 0 Å². The van der Waals surface area contributed by atoms with Gasteiger partial charge in [-0.25, -0.2) is 0 Å². The maximum Gasteiger partial charge on any atom is 0.253 e. The number of para-hydroxylation sites is 1. The molecule has 1 heterocycles. The molecule has 92 valence electrons. The average molecular weight is 233 g/mol. The topological polar surface area (TPSA) is 29.5 Å². The van der Waals surface area contributed by atoms with E-state index in [9.17, 15) is 4.79 Å². The van der Waals surface area contributed by atoms with Crippen molar-refractivity contribution in [1.29, 1.82) is 0 Å². The summed E-state index contributed by atoms with van der Waals surface area (Å²) >= 11 is 0. The zero-order valence-corrected chi connectivity index (χ0v) is 10.7. The van der Waals surface area contributed by atoms with Crippen LogP contribution in [0, 0.1) is 6.92 Å². The predicted molar refractivity (Wildman–Crippen MR) is 68.3 cm³/mol. The van der Waals surface area contributed by atoms with Crippen molar-refractivity contribution in [1.82, 2.24) is 0 Å². The van der Waals surface area contributed by atoms with Gasteiger partial charge in [0.05, 0.1) is 18.3 Å². The molecule has 17 heavy (non-hydrogen) atoms. The highest BCUT2D eigenvalue weighted by Crippen LogP contribution is 2.29. The van der Waals surface area contributed by atoms with Gasteiger partial charge < -0.3 is 9.64 Å². The number of hydrogen-bond acceptors (Lipinski definition) is 2. The minimum atomic E-state index is 0.0627. The first-order valence-electron chi connectivity index (χ1n) is 6.13. The fraction of sp³-hybridized carbons (Fsp3) is 0.500. The van der Waals surface area contributed by atoms with Crippen molar-refractivity contribution >= 4 is 11.6 Å². The van der Waals surface area contributed by atoms with Gasteiger partial charge in [-0.2, -0.15) is 0 Å². The highest BCUT2D eigenvalue weighted by Gasteiger charge is 2.29. The summed E-state index contributed by atoms with van der Waals surface area (Å²) in [6.45, 7) is 7.02. The number of amides is 1. The van der Waals surface area contributed by atoms with Gasteiger partial charge in [-0.05, 0) is 31.4 Å². The first-order chi connectivity index (χ1) is 8.15. The molecular weight excluding hydrogens is 214 g/mol. The van der Waals surface area contributed by atoms with Gasteiger partial charge in [-0.3, -0.25) is 4.79 Å². The van der Waals surface area contributed by atoms with Crippen LogP contribution in [0.1, 0.15) is 25.0 Å². The number of nitrogens with zero attached hydrogens (tertiary/aromatic N) is 1. The third-order valence-electron chi connectivity index (χ3n) is 3.24. The quantitative estimate of drug-likeness (QED) is 0.784. The van der Waals surface area contributed by atoms with E-state index in [0.717, 1.165) is 17.7 Å². The standard InChI is InChI=1S/C14H19NO2/c1-4-12-7-5-6-10(2)14(12)15-11(3)8-17-9-13(15)16/h5-7,11H,4,8-9H2,1-3H3. The summed E-state index contributed by atoms with van der Waals surface area (Å²) in [6, 6.07) is 6.32. The Hall–Kier alpha value is -1.35. The van der Waals surface area contributed by atoms with Crippen LogP contribution in [0.3, 0.4) is 0 Å². The van der Waals surface area contributed by atoms with Crippen molar-refractivity contribution in [2.24, 2.45) is 0 Å². The van der Waals surface area contributed by atoms with Crippen molar-refractivity contribution in [3.05, 3.63) is 29.3 Å². The molecule has 0 aromatic heterocycles. The highest BCUT2D eigenvalue weighted by molar-refractivity contribution is 5.97. The second-order valence-electron chi connectivity index (χ2n) is 4.56. The van der Waals surface area contributed by atoms with E-state index in [1.807, 2.05) is 17.9 Å². The Morgan fingerprint density at radius 1 is 1.47 bits per heavy atom. The van der Waals surface area contributed by atoms with Crippen LogP contribution in [-0.2, 0) is 16.0 Å². The first-order valence-corrected chi connectivity index (χ1v) is 6.13. The Bertz CT molecular complexity index is 428. The van der Waals surface area contributed by atoms with Gasteiger partial charge in [0.1, 0.15) is 6.61 Å². The van der Waals surface area contributed by atoms with Gasteiger partial charge in [0, 0.05) is 0 Å². The van der Waals surface area contributed by atoms with Crippen LogP contribution in [0.5, 0.6) is 0 Å². The van der Waals surface area contributed by atoms with Crippen LogP contribution < -0.4 is 4.90 Å². The molecule has 1 aliphatic rings.